The minimum atomic E-state index is 0.219. The smallest absolute Gasteiger partial charge is 0.183 e. The summed E-state index contributed by atoms with van der Waals surface area (Å²) >= 11 is 1.76. The van der Waals surface area contributed by atoms with Gasteiger partial charge in [-0.05, 0) is 46.5 Å². The maximum Gasteiger partial charge on any atom is 0.183 e. The first-order valence-electron chi connectivity index (χ1n) is 5.21. The van der Waals surface area contributed by atoms with Crippen molar-refractivity contribution in [1.82, 2.24) is 4.98 Å². The van der Waals surface area contributed by atoms with Crippen LogP contribution in [0.2, 0.25) is 0 Å². The Morgan fingerprint density at radius 3 is 2.43 bits per heavy atom. The van der Waals surface area contributed by atoms with Gasteiger partial charge in [0.05, 0.1) is 5.69 Å². The predicted molar refractivity (Wildman–Crippen MR) is 62.0 cm³/mol. The highest BCUT2D eigenvalue weighted by atomic mass is 32.1. The van der Waals surface area contributed by atoms with Crippen LogP contribution in [0.4, 0.5) is 5.13 Å². The molecule has 0 radical (unpaired) electrons. The van der Waals surface area contributed by atoms with E-state index in [1.165, 1.54) is 17.7 Å². The van der Waals surface area contributed by atoms with E-state index in [4.69, 9.17) is 0 Å². The molecule has 14 heavy (non-hydrogen) atoms. The lowest BCUT2D eigenvalue weighted by atomic mass is 9.99. The van der Waals surface area contributed by atoms with Gasteiger partial charge in [0.15, 0.2) is 5.13 Å². The van der Waals surface area contributed by atoms with Crippen molar-refractivity contribution < 1.29 is 0 Å². The summed E-state index contributed by atoms with van der Waals surface area (Å²) in [5, 5.41) is 4.63. The second-order valence-corrected chi connectivity index (χ2v) is 5.98. The number of hydrogen-bond donors (Lipinski definition) is 1. The highest BCUT2D eigenvalue weighted by molar-refractivity contribution is 7.15. The monoisotopic (exact) mass is 210 g/mol. The van der Waals surface area contributed by atoms with Crippen LogP contribution < -0.4 is 5.32 Å². The summed E-state index contributed by atoms with van der Waals surface area (Å²) in [7, 11) is 0. The Kier molecular flexibility index (Phi) is 2.30. The third-order valence-corrected chi connectivity index (χ3v) is 4.04. The molecule has 0 atom stereocenters. The molecule has 0 aliphatic heterocycles. The van der Waals surface area contributed by atoms with Crippen LogP contribution in [0.1, 0.15) is 37.3 Å². The molecule has 1 N–H and O–H groups in total. The van der Waals surface area contributed by atoms with E-state index in [-0.39, 0.29) is 5.54 Å². The third-order valence-electron chi connectivity index (χ3n) is 3.06. The minimum Gasteiger partial charge on any atom is -0.356 e. The summed E-state index contributed by atoms with van der Waals surface area (Å²) in [5.41, 5.74) is 1.38. The van der Waals surface area contributed by atoms with Crippen LogP contribution in [0.5, 0.6) is 0 Å². The number of aromatic nitrogens is 1. The first kappa shape index (κ1) is 9.97. The predicted octanol–water partition coefficient (Wildman–Crippen LogP) is 3.36. The fourth-order valence-electron chi connectivity index (χ4n) is 1.71. The highest BCUT2D eigenvalue weighted by Gasteiger charge is 2.38. The van der Waals surface area contributed by atoms with Gasteiger partial charge in [-0.25, -0.2) is 4.98 Å². The Bertz CT molecular complexity index is 318. The zero-order valence-electron chi connectivity index (χ0n) is 9.35. The summed E-state index contributed by atoms with van der Waals surface area (Å²) in [6.45, 7) is 8.75. The maximum atomic E-state index is 4.51. The second-order valence-electron chi connectivity index (χ2n) is 4.78. The van der Waals surface area contributed by atoms with Crippen molar-refractivity contribution in [3.05, 3.63) is 10.6 Å². The second kappa shape index (κ2) is 3.23. The lowest BCUT2D eigenvalue weighted by Crippen LogP contribution is -2.33. The average molecular weight is 210 g/mol. The molecular formula is C11H18N2S. The molecule has 1 aromatic rings. The molecule has 2 rings (SSSR count). The number of aryl methyl sites for hydroxylation is 2. The first-order valence-corrected chi connectivity index (χ1v) is 6.03. The topological polar surface area (TPSA) is 24.9 Å². The SMILES string of the molecule is Cc1nc(NC(C)(C)C2CC2)sc1C. The Hall–Kier alpha value is -0.570. The van der Waals surface area contributed by atoms with E-state index in [0.29, 0.717) is 0 Å². The highest BCUT2D eigenvalue weighted by Crippen LogP contribution is 2.41. The molecule has 0 spiro atoms. The average Bonchev–Trinajstić information content (AvgIpc) is 2.81. The largest absolute Gasteiger partial charge is 0.356 e. The van der Waals surface area contributed by atoms with Crippen molar-refractivity contribution in [2.45, 2.75) is 46.1 Å². The van der Waals surface area contributed by atoms with E-state index >= 15 is 0 Å². The third kappa shape index (κ3) is 1.92. The van der Waals surface area contributed by atoms with E-state index in [1.54, 1.807) is 11.3 Å². The summed E-state index contributed by atoms with van der Waals surface area (Å²) in [6.07, 6.45) is 2.73. The van der Waals surface area contributed by atoms with Gasteiger partial charge in [-0.1, -0.05) is 0 Å². The number of hydrogen-bond acceptors (Lipinski definition) is 3. The van der Waals surface area contributed by atoms with Gasteiger partial charge in [-0.2, -0.15) is 0 Å². The molecule has 1 fully saturated rings. The van der Waals surface area contributed by atoms with E-state index in [9.17, 15) is 0 Å². The van der Waals surface area contributed by atoms with Gasteiger partial charge in [-0.3, -0.25) is 0 Å². The summed E-state index contributed by atoms with van der Waals surface area (Å²) in [5.74, 6) is 0.840. The zero-order chi connectivity index (χ0) is 10.3. The van der Waals surface area contributed by atoms with Crippen molar-refractivity contribution in [2.75, 3.05) is 5.32 Å². The molecule has 1 aliphatic rings. The van der Waals surface area contributed by atoms with Crippen molar-refractivity contribution in [1.29, 1.82) is 0 Å². The Morgan fingerprint density at radius 2 is 2.00 bits per heavy atom. The van der Waals surface area contributed by atoms with Gasteiger partial charge in [0.2, 0.25) is 0 Å². The molecule has 0 saturated heterocycles. The van der Waals surface area contributed by atoms with E-state index in [0.717, 1.165) is 16.7 Å². The lowest BCUT2D eigenvalue weighted by Gasteiger charge is -2.25. The van der Waals surface area contributed by atoms with E-state index < -0.39 is 0 Å². The molecule has 0 unspecified atom stereocenters. The van der Waals surface area contributed by atoms with Gasteiger partial charge in [0, 0.05) is 10.4 Å². The molecule has 1 aromatic heterocycles. The molecule has 1 heterocycles. The molecule has 1 saturated carbocycles. The van der Waals surface area contributed by atoms with Gasteiger partial charge >= 0.3 is 0 Å². The maximum absolute atomic E-state index is 4.51. The fraction of sp³-hybridized carbons (Fsp3) is 0.727. The molecule has 2 nitrogen and oxygen atoms in total. The Morgan fingerprint density at radius 1 is 1.36 bits per heavy atom. The molecule has 1 aliphatic carbocycles. The first-order chi connectivity index (χ1) is 6.49. The number of thiazole rings is 1. The molecular weight excluding hydrogens is 192 g/mol. The van der Waals surface area contributed by atoms with Crippen molar-refractivity contribution in [3.63, 3.8) is 0 Å². The van der Waals surface area contributed by atoms with E-state index in [1.807, 2.05) is 0 Å². The number of rotatable bonds is 3. The van der Waals surface area contributed by atoms with Crippen LogP contribution >= 0.6 is 11.3 Å². The van der Waals surface area contributed by atoms with Crippen LogP contribution in [-0.4, -0.2) is 10.5 Å². The van der Waals surface area contributed by atoms with Crippen molar-refractivity contribution in [3.8, 4) is 0 Å². The summed E-state index contributed by atoms with van der Waals surface area (Å²) in [4.78, 5) is 5.83. The zero-order valence-corrected chi connectivity index (χ0v) is 10.2. The fourth-order valence-corrected chi connectivity index (χ4v) is 2.69. The van der Waals surface area contributed by atoms with E-state index in [2.05, 4.69) is 38.0 Å². The molecule has 0 amide bonds. The van der Waals surface area contributed by atoms with Crippen LogP contribution in [0.15, 0.2) is 0 Å². The summed E-state index contributed by atoms with van der Waals surface area (Å²) < 4.78 is 0. The summed E-state index contributed by atoms with van der Waals surface area (Å²) in [6, 6.07) is 0. The van der Waals surface area contributed by atoms with Crippen molar-refractivity contribution >= 4 is 16.5 Å². The molecule has 0 aromatic carbocycles. The van der Waals surface area contributed by atoms with Crippen LogP contribution in [0.3, 0.4) is 0 Å². The quantitative estimate of drug-likeness (QED) is 0.827. The Balaban J connectivity index is 2.09. The Labute approximate surface area is 89.8 Å². The number of nitrogens with zero attached hydrogens (tertiary/aromatic N) is 1. The number of anilines is 1. The normalized spacial score (nSPS) is 17.1. The molecule has 78 valence electrons. The molecule has 0 bridgehead atoms. The standard InChI is InChI=1S/C11H18N2S/c1-7-8(2)14-10(12-7)13-11(3,4)9-5-6-9/h9H,5-6H2,1-4H3,(H,12,13). The van der Waals surface area contributed by atoms with Crippen LogP contribution in [0.25, 0.3) is 0 Å². The van der Waals surface area contributed by atoms with Crippen LogP contribution in [0, 0.1) is 19.8 Å². The molecule has 3 heteroatoms. The van der Waals surface area contributed by atoms with Gasteiger partial charge in [0.1, 0.15) is 0 Å². The van der Waals surface area contributed by atoms with Crippen molar-refractivity contribution in [2.24, 2.45) is 5.92 Å². The minimum absolute atomic E-state index is 0.219. The van der Waals surface area contributed by atoms with Gasteiger partial charge in [-0.15, -0.1) is 11.3 Å². The lowest BCUT2D eigenvalue weighted by molar-refractivity contribution is 0.494. The van der Waals surface area contributed by atoms with Crippen LogP contribution in [-0.2, 0) is 0 Å². The number of nitrogens with one attached hydrogen (secondary N) is 1. The van der Waals surface area contributed by atoms with Gasteiger partial charge < -0.3 is 5.32 Å². The van der Waals surface area contributed by atoms with Gasteiger partial charge in [0.25, 0.3) is 0 Å².